The number of hydrogen-bond acceptors (Lipinski definition) is 11. The number of hydrogen-bond donors (Lipinski definition) is 4. The van der Waals surface area contributed by atoms with Crippen LogP contribution in [0.4, 0.5) is 0 Å². The lowest BCUT2D eigenvalue weighted by molar-refractivity contribution is 0.0316. The Morgan fingerprint density at radius 3 is 2.77 bits per heavy atom. The van der Waals surface area contributed by atoms with Crippen LogP contribution in [0.25, 0.3) is 33.4 Å². The largest absolute Gasteiger partial charge is 0.339 e. The summed E-state index contributed by atoms with van der Waals surface area (Å²) in [6.45, 7) is 1.68. The number of nitrogens with one attached hydrogen (secondary N) is 3. The minimum atomic E-state index is -3.86. The Morgan fingerprint density at radius 1 is 1.14 bits per heavy atom. The van der Waals surface area contributed by atoms with Crippen LogP contribution in [0, 0.1) is 0 Å². The zero-order valence-corrected chi connectivity index (χ0v) is 20.1. The number of nitrogens with zero attached hydrogens (tertiary/aromatic N) is 5. The van der Waals surface area contributed by atoms with Gasteiger partial charge in [-0.2, -0.15) is 14.6 Å². The Morgan fingerprint density at radius 2 is 2.00 bits per heavy atom. The Hall–Kier alpha value is -2.92. The fourth-order valence-electron chi connectivity index (χ4n) is 3.95. The van der Waals surface area contributed by atoms with Crippen molar-refractivity contribution in [2.75, 3.05) is 39.7 Å². The maximum atomic E-state index is 13.7. The van der Waals surface area contributed by atoms with E-state index in [1.54, 1.807) is 18.3 Å². The van der Waals surface area contributed by atoms with Crippen LogP contribution in [0.15, 0.2) is 46.3 Å². The highest BCUT2D eigenvalue weighted by Gasteiger charge is 2.32. The summed E-state index contributed by atoms with van der Waals surface area (Å²) in [5, 5.41) is 25.7. The summed E-state index contributed by atoms with van der Waals surface area (Å²) in [5.74, 6) is 0.222. The molecule has 0 saturated carbocycles. The van der Waals surface area contributed by atoms with Crippen molar-refractivity contribution in [1.82, 2.24) is 40.4 Å². The monoisotopic (exact) mass is 517 g/mol. The Labute approximate surface area is 205 Å². The molecule has 0 bridgehead atoms. The lowest BCUT2D eigenvalue weighted by atomic mass is 9.97. The van der Waals surface area contributed by atoms with Gasteiger partial charge < -0.3 is 15.8 Å². The molecule has 35 heavy (non-hydrogen) atoms. The molecule has 0 radical (unpaired) electrons. The van der Waals surface area contributed by atoms with Gasteiger partial charge in [-0.25, -0.2) is 8.42 Å². The van der Waals surface area contributed by atoms with Crippen LogP contribution in [0.1, 0.15) is 0 Å². The number of H-pyrrole nitrogens is 2. The van der Waals surface area contributed by atoms with Crippen LogP contribution < -0.4 is 11.1 Å². The highest BCUT2D eigenvalue weighted by Crippen LogP contribution is 2.44. The highest BCUT2D eigenvalue weighted by atomic mass is 32.2. The van der Waals surface area contributed by atoms with Crippen molar-refractivity contribution >= 4 is 33.0 Å². The maximum Gasteiger partial charge on any atom is 0.244 e. The van der Waals surface area contributed by atoms with Crippen molar-refractivity contribution in [1.29, 1.82) is 0 Å². The molecule has 4 aromatic rings. The number of rotatable bonds is 9. The number of para-hydroxylation sites is 1. The lowest BCUT2D eigenvalue weighted by Crippen LogP contribution is -2.46. The summed E-state index contributed by atoms with van der Waals surface area (Å²) in [6, 6.07) is 9.08. The number of fused-ring (bicyclic) bond motifs is 1. The smallest absolute Gasteiger partial charge is 0.244 e. The van der Waals surface area contributed by atoms with Gasteiger partial charge in [0.1, 0.15) is 0 Å². The molecule has 2 aromatic heterocycles. The number of sulfonamides is 1. The van der Waals surface area contributed by atoms with Crippen molar-refractivity contribution in [3.63, 3.8) is 0 Å². The van der Waals surface area contributed by atoms with Gasteiger partial charge >= 0.3 is 0 Å². The van der Waals surface area contributed by atoms with E-state index in [0.717, 1.165) is 28.5 Å². The van der Waals surface area contributed by atoms with E-state index in [4.69, 9.17) is 14.7 Å². The molecule has 1 saturated heterocycles. The molecule has 0 spiro atoms. The Bertz CT molecular complexity index is 1400. The molecule has 184 valence electrons. The number of tetrazole rings is 1. The summed E-state index contributed by atoms with van der Waals surface area (Å²) < 4.78 is 39.6. The van der Waals surface area contributed by atoms with Crippen molar-refractivity contribution in [2.45, 2.75) is 9.79 Å². The van der Waals surface area contributed by atoms with Gasteiger partial charge in [0, 0.05) is 54.7 Å². The fourth-order valence-corrected chi connectivity index (χ4v) is 6.55. The quantitative estimate of drug-likeness (QED) is 0.141. The van der Waals surface area contributed by atoms with Gasteiger partial charge in [-0.3, -0.25) is 9.28 Å². The second-order valence-corrected chi connectivity index (χ2v) is 10.3. The summed E-state index contributed by atoms with van der Waals surface area (Å²) in [6.07, 6.45) is 1.72. The van der Waals surface area contributed by atoms with E-state index < -0.39 is 10.0 Å². The van der Waals surface area contributed by atoms with Gasteiger partial charge in [-0.1, -0.05) is 24.3 Å². The first kappa shape index (κ1) is 23.8. The molecule has 1 aliphatic heterocycles. The molecule has 1 fully saturated rings. The second-order valence-electron chi connectivity index (χ2n) is 7.53. The van der Waals surface area contributed by atoms with Crippen molar-refractivity contribution in [3.05, 3.63) is 36.5 Å². The van der Waals surface area contributed by atoms with Crippen molar-refractivity contribution < 1.29 is 17.3 Å². The van der Waals surface area contributed by atoms with E-state index in [0.29, 0.717) is 42.2 Å². The van der Waals surface area contributed by atoms with E-state index in [-0.39, 0.29) is 24.2 Å². The van der Waals surface area contributed by atoms with Gasteiger partial charge in [-0.15, -0.1) is 10.2 Å². The predicted octanol–water partition coefficient (Wildman–Crippen LogP) is 0.918. The van der Waals surface area contributed by atoms with E-state index in [1.807, 2.05) is 18.2 Å². The normalized spacial score (nSPS) is 15.1. The van der Waals surface area contributed by atoms with E-state index in [9.17, 15) is 8.42 Å². The first-order valence-electron chi connectivity index (χ1n) is 10.7. The molecule has 0 atom stereocenters. The van der Waals surface area contributed by atoms with E-state index in [2.05, 4.69) is 36.1 Å². The molecular weight excluding hydrogens is 494 g/mol. The zero-order valence-electron chi connectivity index (χ0n) is 18.5. The number of piperazine rings is 1. The predicted molar refractivity (Wildman–Crippen MR) is 128 cm³/mol. The second kappa shape index (κ2) is 10.4. The van der Waals surface area contributed by atoms with E-state index in [1.165, 1.54) is 4.31 Å². The fraction of sp³-hybridized carbons (Fsp3) is 0.300. The average molecular weight is 518 g/mol. The third kappa shape index (κ3) is 4.66. The molecule has 0 amide bonds. The Balaban J connectivity index is 1.73. The number of benzene rings is 2. The number of nitrogens with two attached hydrogens (primary N) is 1. The van der Waals surface area contributed by atoms with Crippen molar-refractivity contribution in [2.24, 2.45) is 5.73 Å². The molecule has 3 heterocycles. The van der Waals surface area contributed by atoms with Gasteiger partial charge in [-0.05, 0) is 16.8 Å². The highest BCUT2D eigenvalue weighted by molar-refractivity contribution is 7.96. The summed E-state index contributed by atoms with van der Waals surface area (Å²) in [4.78, 5) is 0.400. The third-order valence-electron chi connectivity index (χ3n) is 5.54. The average Bonchev–Trinajstić information content (AvgIpc) is 3.59. The first-order valence-corrected chi connectivity index (χ1v) is 12.9. The van der Waals surface area contributed by atoms with Crippen LogP contribution in [0.5, 0.6) is 0 Å². The molecule has 5 N–H and O–H groups in total. The van der Waals surface area contributed by atoms with Gasteiger partial charge in [0.25, 0.3) is 0 Å². The van der Waals surface area contributed by atoms with Crippen LogP contribution in [0.2, 0.25) is 0 Å². The molecule has 0 aliphatic carbocycles. The molecule has 1 aliphatic rings. The minimum absolute atomic E-state index is 0.0357. The molecule has 2 aromatic carbocycles. The van der Waals surface area contributed by atoms with Crippen LogP contribution >= 0.6 is 12.0 Å². The number of aromatic nitrogens is 6. The van der Waals surface area contributed by atoms with Gasteiger partial charge in [0.2, 0.25) is 15.8 Å². The minimum Gasteiger partial charge on any atom is -0.339 e. The lowest BCUT2D eigenvalue weighted by Gasteiger charge is -2.28. The van der Waals surface area contributed by atoms with Crippen LogP contribution in [-0.4, -0.2) is 83.2 Å². The number of ether oxygens (including phenoxy) is 1. The molecular formula is C20H23N9O4S2. The van der Waals surface area contributed by atoms with Gasteiger partial charge in [0.05, 0.1) is 28.2 Å². The zero-order chi connectivity index (χ0) is 24.3. The number of aromatic amines is 2. The summed E-state index contributed by atoms with van der Waals surface area (Å²) >= 11 is 0.870. The van der Waals surface area contributed by atoms with E-state index >= 15 is 0 Å². The van der Waals surface area contributed by atoms with Gasteiger partial charge in [0.15, 0.2) is 6.79 Å². The third-order valence-corrected chi connectivity index (χ3v) is 8.42. The molecule has 13 nitrogen and oxygen atoms in total. The van der Waals surface area contributed by atoms with Crippen LogP contribution in [-0.2, 0) is 18.9 Å². The first-order chi connectivity index (χ1) is 17.1. The van der Waals surface area contributed by atoms with Crippen molar-refractivity contribution in [3.8, 4) is 22.5 Å². The molecule has 15 heteroatoms. The SMILES string of the molecule is NCOCOSc1c(S(=O)(=O)N2CCNCC2)ccc(-c2cccc3cn[nH]c23)c1-c1nn[nH]n1. The standard InChI is InChI=1S/C20H23N9O4S2/c21-11-32-12-33-34-19-16(35(30,31)29-8-6-22-7-9-29)5-4-14(17(19)20-25-27-28-26-20)15-3-1-2-13-10-23-24-18(13)15/h1-5,10,22H,6-9,11-12,21H2,(H,23,24)(H,25,26,27,28). The summed E-state index contributed by atoms with van der Waals surface area (Å²) in [5.41, 5.74) is 8.12. The Kier molecular flexibility index (Phi) is 7.05. The molecule has 5 rings (SSSR count). The van der Waals surface area contributed by atoms with Crippen LogP contribution in [0.3, 0.4) is 0 Å². The summed E-state index contributed by atoms with van der Waals surface area (Å²) in [7, 11) is -3.86. The molecule has 0 unspecified atom stereocenters. The maximum absolute atomic E-state index is 13.7. The topological polar surface area (TPSA) is 177 Å².